The van der Waals surface area contributed by atoms with Gasteiger partial charge >= 0.3 is 0 Å². The summed E-state index contributed by atoms with van der Waals surface area (Å²) in [6, 6.07) is 4.68. The van der Waals surface area contributed by atoms with Gasteiger partial charge in [0.05, 0.1) is 0 Å². The standard InChI is InChI=1S/C11H12ClFO/c12-6-5-10-3-1-8-7-9(13)2-4-11(8)14-10/h2,4,7,10H,1,3,5-6H2/t10-/m0/s1. The number of hydrogen-bond acceptors (Lipinski definition) is 1. The molecule has 0 aromatic heterocycles. The zero-order valence-corrected chi connectivity index (χ0v) is 8.56. The molecule has 0 N–H and O–H groups in total. The summed E-state index contributed by atoms with van der Waals surface area (Å²) >= 11 is 5.65. The molecular weight excluding hydrogens is 203 g/mol. The van der Waals surface area contributed by atoms with E-state index in [2.05, 4.69) is 0 Å². The lowest BCUT2D eigenvalue weighted by Crippen LogP contribution is -2.23. The monoisotopic (exact) mass is 214 g/mol. The molecule has 0 fully saturated rings. The van der Waals surface area contributed by atoms with Crippen LogP contribution in [0.4, 0.5) is 4.39 Å². The molecule has 1 aromatic rings. The van der Waals surface area contributed by atoms with E-state index >= 15 is 0 Å². The van der Waals surface area contributed by atoms with Gasteiger partial charge in [0.25, 0.3) is 0 Å². The summed E-state index contributed by atoms with van der Waals surface area (Å²) in [5, 5.41) is 0. The number of rotatable bonds is 2. The van der Waals surface area contributed by atoms with E-state index in [-0.39, 0.29) is 11.9 Å². The first-order valence-electron chi connectivity index (χ1n) is 4.80. The maximum atomic E-state index is 12.9. The number of hydrogen-bond donors (Lipinski definition) is 0. The van der Waals surface area contributed by atoms with Crippen LogP contribution in [0.15, 0.2) is 18.2 Å². The van der Waals surface area contributed by atoms with E-state index in [1.165, 1.54) is 6.07 Å². The molecule has 0 aliphatic carbocycles. The Hall–Kier alpha value is -0.760. The predicted molar refractivity (Wildman–Crippen MR) is 54.5 cm³/mol. The van der Waals surface area contributed by atoms with Gasteiger partial charge in [0.15, 0.2) is 0 Å². The van der Waals surface area contributed by atoms with Crippen LogP contribution in [-0.2, 0) is 6.42 Å². The fourth-order valence-corrected chi connectivity index (χ4v) is 1.98. The quantitative estimate of drug-likeness (QED) is 0.688. The number of fused-ring (bicyclic) bond motifs is 1. The molecule has 0 amide bonds. The fraction of sp³-hybridized carbons (Fsp3) is 0.455. The molecule has 1 atom stereocenters. The SMILES string of the molecule is Fc1ccc2c(c1)CC[C@@H](CCCl)O2. The number of alkyl halides is 1. The van der Waals surface area contributed by atoms with Gasteiger partial charge in [-0.2, -0.15) is 0 Å². The molecule has 1 aromatic carbocycles. The minimum absolute atomic E-state index is 0.192. The second-order valence-corrected chi connectivity index (χ2v) is 3.89. The third-order valence-corrected chi connectivity index (χ3v) is 2.70. The van der Waals surface area contributed by atoms with Gasteiger partial charge in [-0.05, 0) is 43.0 Å². The maximum absolute atomic E-state index is 12.9. The topological polar surface area (TPSA) is 9.23 Å². The Morgan fingerprint density at radius 1 is 1.50 bits per heavy atom. The lowest BCUT2D eigenvalue weighted by Gasteiger charge is -2.25. The van der Waals surface area contributed by atoms with Crippen LogP contribution in [-0.4, -0.2) is 12.0 Å². The Morgan fingerprint density at radius 3 is 3.14 bits per heavy atom. The van der Waals surface area contributed by atoms with Crippen molar-refractivity contribution in [1.82, 2.24) is 0 Å². The van der Waals surface area contributed by atoms with Gasteiger partial charge in [0.1, 0.15) is 17.7 Å². The van der Waals surface area contributed by atoms with Crippen LogP contribution in [0, 0.1) is 5.82 Å². The summed E-state index contributed by atoms with van der Waals surface area (Å²) in [4.78, 5) is 0. The van der Waals surface area contributed by atoms with Gasteiger partial charge in [-0.15, -0.1) is 11.6 Å². The van der Waals surface area contributed by atoms with Crippen molar-refractivity contribution in [1.29, 1.82) is 0 Å². The van der Waals surface area contributed by atoms with Crippen molar-refractivity contribution in [2.75, 3.05) is 5.88 Å². The first-order valence-corrected chi connectivity index (χ1v) is 5.34. The predicted octanol–water partition coefficient (Wildman–Crippen LogP) is 3.15. The average molecular weight is 215 g/mol. The molecule has 1 aliphatic rings. The summed E-state index contributed by atoms with van der Waals surface area (Å²) in [7, 11) is 0. The van der Waals surface area contributed by atoms with E-state index in [1.807, 2.05) is 0 Å². The number of ether oxygens (including phenoxy) is 1. The molecule has 0 saturated carbocycles. The van der Waals surface area contributed by atoms with Gasteiger partial charge in [0.2, 0.25) is 0 Å². The van der Waals surface area contributed by atoms with Crippen molar-refractivity contribution in [3.05, 3.63) is 29.6 Å². The summed E-state index contributed by atoms with van der Waals surface area (Å²) in [5.41, 5.74) is 0.968. The van der Waals surface area contributed by atoms with Crippen molar-refractivity contribution >= 4 is 11.6 Å². The highest BCUT2D eigenvalue weighted by atomic mass is 35.5. The molecule has 0 bridgehead atoms. The van der Waals surface area contributed by atoms with Gasteiger partial charge < -0.3 is 4.74 Å². The van der Waals surface area contributed by atoms with Crippen molar-refractivity contribution < 1.29 is 9.13 Å². The summed E-state index contributed by atoms with van der Waals surface area (Å²) in [6.45, 7) is 0. The van der Waals surface area contributed by atoms with Crippen LogP contribution in [0.5, 0.6) is 5.75 Å². The minimum atomic E-state index is -0.192. The molecular formula is C11H12ClFO. The van der Waals surface area contributed by atoms with E-state index in [0.717, 1.165) is 30.6 Å². The Labute approximate surface area is 87.8 Å². The smallest absolute Gasteiger partial charge is 0.123 e. The number of benzene rings is 1. The molecule has 0 radical (unpaired) electrons. The number of halogens is 2. The molecule has 0 unspecified atom stereocenters. The van der Waals surface area contributed by atoms with Gasteiger partial charge in [-0.25, -0.2) is 4.39 Å². The minimum Gasteiger partial charge on any atom is -0.490 e. The largest absolute Gasteiger partial charge is 0.490 e. The van der Waals surface area contributed by atoms with Gasteiger partial charge in [-0.3, -0.25) is 0 Å². The van der Waals surface area contributed by atoms with Crippen LogP contribution in [0.3, 0.4) is 0 Å². The van der Waals surface area contributed by atoms with Crippen molar-refractivity contribution in [2.45, 2.75) is 25.4 Å². The highest BCUT2D eigenvalue weighted by Gasteiger charge is 2.19. The lowest BCUT2D eigenvalue weighted by atomic mass is 10.0. The summed E-state index contributed by atoms with van der Waals surface area (Å²) in [6.07, 6.45) is 2.88. The molecule has 0 saturated heterocycles. The highest BCUT2D eigenvalue weighted by Crippen LogP contribution is 2.29. The normalized spacial score (nSPS) is 20.0. The molecule has 76 valence electrons. The number of aryl methyl sites for hydroxylation is 1. The molecule has 1 nitrogen and oxygen atoms in total. The third-order valence-electron chi connectivity index (χ3n) is 2.48. The van der Waals surface area contributed by atoms with Gasteiger partial charge in [-0.1, -0.05) is 0 Å². The van der Waals surface area contributed by atoms with Crippen LogP contribution < -0.4 is 4.74 Å². The van der Waals surface area contributed by atoms with Crippen LogP contribution in [0.25, 0.3) is 0 Å². The fourth-order valence-electron chi connectivity index (χ4n) is 1.74. The van der Waals surface area contributed by atoms with Crippen LogP contribution in [0.1, 0.15) is 18.4 Å². The van der Waals surface area contributed by atoms with Crippen LogP contribution >= 0.6 is 11.6 Å². The molecule has 14 heavy (non-hydrogen) atoms. The van der Waals surface area contributed by atoms with E-state index in [1.54, 1.807) is 12.1 Å². The van der Waals surface area contributed by atoms with Crippen molar-refractivity contribution in [3.8, 4) is 5.75 Å². The zero-order chi connectivity index (χ0) is 9.97. The average Bonchev–Trinajstić information content (AvgIpc) is 2.19. The molecule has 1 aliphatic heterocycles. The lowest BCUT2D eigenvalue weighted by molar-refractivity contribution is 0.170. The Balaban J connectivity index is 2.15. The summed E-state index contributed by atoms with van der Waals surface area (Å²) in [5.74, 6) is 1.23. The Kier molecular flexibility index (Phi) is 2.92. The van der Waals surface area contributed by atoms with Crippen molar-refractivity contribution in [3.63, 3.8) is 0 Å². The van der Waals surface area contributed by atoms with E-state index in [9.17, 15) is 4.39 Å². The molecule has 3 heteroatoms. The van der Waals surface area contributed by atoms with E-state index in [0.29, 0.717) is 5.88 Å². The first-order chi connectivity index (χ1) is 6.79. The van der Waals surface area contributed by atoms with Crippen LogP contribution in [0.2, 0.25) is 0 Å². The molecule has 0 spiro atoms. The maximum Gasteiger partial charge on any atom is 0.123 e. The second-order valence-electron chi connectivity index (χ2n) is 3.51. The highest BCUT2D eigenvalue weighted by molar-refractivity contribution is 6.17. The van der Waals surface area contributed by atoms with Crippen molar-refractivity contribution in [2.24, 2.45) is 0 Å². The first kappa shape index (κ1) is 9.78. The molecule has 1 heterocycles. The Bertz CT molecular complexity index is 327. The van der Waals surface area contributed by atoms with Gasteiger partial charge in [0, 0.05) is 5.88 Å². The van der Waals surface area contributed by atoms with E-state index < -0.39 is 0 Å². The zero-order valence-electron chi connectivity index (χ0n) is 7.80. The van der Waals surface area contributed by atoms with E-state index in [4.69, 9.17) is 16.3 Å². The molecule has 2 rings (SSSR count). The Morgan fingerprint density at radius 2 is 2.36 bits per heavy atom. The third kappa shape index (κ3) is 2.01. The second kappa shape index (κ2) is 4.18. The summed E-state index contributed by atoms with van der Waals surface area (Å²) < 4.78 is 18.5.